The first-order valence-electron chi connectivity index (χ1n) is 12.4. The first-order chi connectivity index (χ1) is 18.1. The van der Waals surface area contributed by atoms with Crippen LogP contribution in [0.4, 0.5) is 13.2 Å². The number of aryl methyl sites for hydroxylation is 1. The Bertz CT molecular complexity index is 1370. The van der Waals surface area contributed by atoms with E-state index >= 15 is 0 Å². The fourth-order valence-electron chi connectivity index (χ4n) is 4.68. The number of rotatable bonds is 8. The first-order valence-corrected chi connectivity index (χ1v) is 13.2. The molecule has 202 valence electrons. The lowest BCUT2D eigenvalue weighted by atomic mass is 10.1. The topological polar surface area (TPSA) is 74.9 Å². The van der Waals surface area contributed by atoms with E-state index in [4.69, 9.17) is 9.26 Å². The number of hydrogen-bond acceptors (Lipinski definition) is 8. The second-order valence-corrected chi connectivity index (χ2v) is 10.9. The van der Waals surface area contributed by atoms with Crippen molar-refractivity contribution < 1.29 is 27.5 Å². The van der Waals surface area contributed by atoms with Gasteiger partial charge in [0.1, 0.15) is 18.5 Å². The highest BCUT2D eigenvalue weighted by Gasteiger charge is 2.30. The Kier molecular flexibility index (Phi) is 7.71. The van der Waals surface area contributed by atoms with Crippen LogP contribution in [0.2, 0.25) is 0 Å². The van der Waals surface area contributed by atoms with Crippen molar-refractivity contribution in [3.05, 3.63) is 64.8 Å². The van der Waals surface area contributed by atoms with Gasteiger partial charge in [-0.15, -0.1) is 11.3 Å². The van der Waals surface area contributed by atoms with Crippen LogP contribution in [0, 0.1) is 6.92 Å². The number of hydrogen-bond donors (Lipinski definition) is 1. The molecule has 0 aliphatic carbocycles. The minimum absolute atomic E-state index is 0.203. The summed E-state index contributed by atoms with van der Waals surface area (Å²) in [5.74, 6) is 1.13. The highest BCUT2D eigenvalue weighted by Crippen LogP contribution is 2.31. The number of piperazine rings is 1. The quantitative estimate of drug-likeness (QED) is 0.325. The molecular weight excluding hydrogens is 517 g/mol. The minimum Gasteiger partial charge on any atom is -0.491 e. The van der Waals surface area contributed by atoms with Crippen molar-refractivity contribution in [2.75, 3.05) is 32.8 Å². The maximum Gasteiger partial charge on any atom is 0.416 e. The summed E-state index contributed by atoms with van der Waals surface area (Å²) >= 11 is 1.64. The predicted octanol–water partition coefficient (Wildman–Crippen LogP) is 5.22. The smallest absolute Gasteiger partial charge is 0.416 e. The lowest BCUT2D eigenvalue weighted by Crippen LogP contribution is -2.53. The molecule has 1 saturated heterocycles. The summed E-state index contributed by atoms with van der Waals surface area (Å²) in [5, 5.41) is 15.7. The van der Waals surface area contributed by atoms with Crippen LogP contribution >= 0.6 is 11.3 Å². The first kappa shape index (κ1) is 26.6. The minimum atomic E-state index is -4.37. The molecule has 0 unspecified atom stereocenters. The van der Waals surface area contributed by atoms with Gasteiger partial charge in [0.25, 0.3) is 0 Å². The lowest BCUT2D eigenvalue weighted by molar-refractivity contribution is -0.137. The zero-order chi connectivity index (χ0) is 26.9. The van der Waals surface area contributed by atoms with Crippen molar-refractivity contribution in [1.82, 2.24) is 19.9 Å². The highest BCUT2D eigenvalue weighted by molar-refractivity contribution is 7.18. The average Bonchev–Trinajstić information content (AvgIpc) is 3.49. The van der Waals surface area contributed by atoms with Crippen LogP contribution in [0.3, 0.4) is 0 Å². The molecule has 1 aliphatic heterocycles. The normalized spacial score (nSPS) is 18.2. The van der Waals surface area contributed by atoms with E-state index < -0.39 is 17.8 Å². The zero-order valence-electron chi connectivity index (χ0n) is 21.1. The molecule has 2 aromatic carbocycles. The fourth-order valence-corrected chi connectivity index (χ4v) is 5.49. The predicted molar refractivity (Wildman–Crippen MR) is 139 cm³/mol. The number of aromatic nitrogens is 2. The van der Waals surface area contributed by atoms with Gasteiger partial charge < -0.3 is 14.4 Å². The van der Waals surface area contributed by atoms with Crippen molar-refractivity contribution in [2.45, 2.75) is 38.7 Å². The van der Waals surface area contributed by atoms with Gasteiger partial charge in [0.15, 0.2) is 5.76 Å². The van der Waals surface area contributed by atoms with Crippen molar-refractivity contribution in [1.29, 1.82) is 0 Å². The van der Waals surface area contributed by atoms with Gasteiger partial charge in [-0.1, -0.05) is 17.3 Å². The van der Waals surface area contributed by atoms with Crippen LogP contribution in [-0.2, 0) is 12.7 Å². The molecule has 5 rings (SSSR count). The Morgan fingerprint density at radius 3 is 2.68 bits per heavy atom. The van der Waals surface area contributed by atoms with Crippen molar-refractivity contribution in [3.8, 4) is 17.1 Å². The van der Waals surface area contributed by atoms with Gasteiger partial charge in [-0.2, -0.15) is 13.2 Å². The summed E-state index contributed by atoms with van der Waals surface area (Å²) in [6.07, 6.45) is -4.99. The fraction of sp³-hybridized carbons (Fsp3) is 0.407. The van der Waals surface area contributed by atoms with E-state index in [9.17, 15) is 18.3 Å². The van der Waals surface area contributed by atoms with Gasteiger partial charge in [-0.05, 0) is 38.1 Å². The Labute approximate surface area is 222 Å². The van der Waals surface area contributed by atoms with E-state index in [2.05, 4.69) is 26.9 Å². The van der Waals surface area contributed by atoms with Crippen LogP contribution in [0.5, 0.6) is 5.75 Å². The van der Waals surface area contributed by atoms with Crippen LogP contribution in [-0.4, -0.2) is 70.0 Å². The molecule has 1 fully saturated rings. The maximum atomic E-state index is 12.8. The summed E-state index contributed by atoms with van der Waals surface area (Å²) in [5.41, 5.74) is 1.48. The van der Waals surface area contributed by atoms with E-state index in [1.165, 1.54) is 12.1 Å². The largest absolute Gasteiger partial charge is 0.491 e. The number of nitrogens with zero attached hydrogens (tertiary/aromatic N) is 4. The standard InChI is InChI=1S/C27H29F3N4O3S/c1-17-13-33(15-22(35)16-36-23-7-8-26-24(12-23)31-18(2)38-26)9-10-34(17)14-21-11-25(37-32-21)19-3-5-20(6-4-19)27(28,29)30/h3-8,11-12,17,22,35H,9-10,13-16H2,1-2H3/t17-,22-/m0/s1. The van der Waals surface area contributed by atoms with Crippen LogP contribution in [0.25, 0.3) is 21.5 Å². The van der Waals surface area contributed by atoms with Crippen LogP contribution in [0.1, 0.15) is 23.2 Å². The second kappa shape index (κ2) is 11.0. The summed E-state index contributed by atoms with van der Waals surface area (Å²) in [6.45, 7) is 7.74. The SMILES string of the molecule is Cc1nc2cc(OC[C@@H](O)CN3CCN(Cc4cc(-c5ccc(C(F)(F)F)cc5)on4)[C@@H](C)C3)ccc2s1. The molecule has 0 amide bonds. The number of ether oxygens (including phenoxy) is 1. The van der Waals surface area contributed by atoms with Gasteiger partial charge in [0, 0.05) is 56.5 Å². The van der Waals surface area contributed by atoms with Crippen LogP contribution < -0.4 is 4.74 Å². The van der Waals surface area contributed by atoms with E-state index in [-0.39, 0.29) is 12.6 Å². The van der Waals surface area contributed by atoms with E-state index in [0.29, 0.717) is 30.2 Å². The molecule has 2 aromatic heterocycles. The third-order valence-corrected chi connectivity index (χ3v) is 7.60. The summed E-state index contributed by atoms with van der Waals surface area (Å²) in [6, 6.07) is 12.6. The Morgan fingerprint density at radius 2 is 1.95 bits per heavy atom. The monoisotopic (exact) mass is 546 g/mol. The number of alkyl halides is 3. The summed E-state index contributed by atoms with van der Waals surface area (Å²) < 4.78 is 50.8. The van der Waals surface area contributed by atoms with Crippen molar-refractivity contribution in [3.63, 3.8) is 0 Å². The number of aliphatic hydroxyl groups excluding tert-OH is 1. The number of benzene rings is 2. The van der Waals surface area contributed by atoms with Crippen LogP contribution in [0.15, 0.2) is 53.1 Å². The Balaban J connectivity index is 1.09. The highest BCUT2D eigenvalue weighted by atomic mass is 32.1. The molecule has 0 spiro atoms. The molecule has 3 heterocycles. The van der Waals surface area contributed by atoms with Gasteiger partial charge in [0.05, 0.1) is 26.5 Å². The molecule has 7 nitrogen and oxygen atoms in total. The lowest BCUT2D eigenvalue weighted by Gasteiger charge is -2.40. The molecule has 2 atom stereocenters. The summed E-state index contributed by atoms with van der Waals surface area (Å²) in [7, 11) is 0. The van der Waals surface area contributed by atoms with E-state index in [0.717, 1.165) is 52.7 Å². The number of β-amino-alcohol motifs (C(OH)–C–C–N with tert-alkyl or cyclic N) is 1. The van der Waals surface area contributed by atoms with Gasteiger partial charge in [-0.25, -0.2) is 4.98 Å². The maximum absolute atomic E-state index is 12.8. The Hall–Kier alpha value is -2.99. The van der Waals surface area contributed by atoms with E-state index in [1.807, 2.05) is 25.1 Å². The number of thiazole rings is 1. The van der Waals surface area contributed by atoms with Crippen molar-refractivity contribution in [2.24, 2.45) is 0 Å². The zero-order valence-corrected chi connectivity index (χ0v) is 21.9. The third-order valence-electron chi connectivity index (χ3n) is 6.65. The molecule has 0 bridgehead atoms. The molecule has 38 heavy (non-hydrogen) atoms. The van der Waals surface area contributed by atoms with E-state index in [1.54, 1.807) is 17.4 Å². The van der Waals surface area contributed by atoms with Crippen molar-refractivity contribution >= 4 is 21.6 Å². The molecule has 1 aliphatic rings. The number of halogens is 3. The molecule has 1 N–H and O–H groups in total. The number of aliphatic hydroxyl groups is 1. The summed E-state index contributed by atoms with van der Waals surface area (Å²) in [4.78, 5) is 8.98. The molecule has 4 aromatic rings. The average molecular weight is 547 g/mol. The number of fused-ring (bicyclic) bond motifs is 1. The Morgan fingerprint density at radius 1 is 1.16 bits per heavy atom. The third kappa shape index (κ3) is 6.35. The molecule has 0 saturated carbocycles. The molecular formula is C27H29F3N4O3S. The van der Waals surface area contributed by atoms with Gasteiger partial charge >= 0.3 is 6.18 Å². The molecule has 0 radical (unpaired) electrons. The van der Waals surface area contributed by atoms with Gasteiger partial charge in [0.2, 0.25) is 0 Å². The second-order valence-electron chi connectivity index (χ2n) is 9.66. The van der Waals surface area contributed by atoms with Gasteiger partial charge in [-0.3, -0.25) is 9.80 Å². The molecule has 11 heteroatoms.